The third-order valence-corrected chi connectivity index (χ3v) is 4.80. The largest absolute Gasteiger partial charge is 0.493 e. The zero-order valence-corrected chi connectivity index (χ0v) is 16.5. The topological polar surface area (TPSA) is 98.5 Å². The summed E-state index contributed by atoms with van der Waals surface area (Å²) in [5.74, 6) is 3.35. The molecule has 0 fully saturated rings. The fourth-order valence-corrected chi connectivity index (χ4v) is 3.34. The van der Waals surface area contributed by atoms with E-state index in [1.165, 1.54) is 0 Å². The van der Waals surface area contributed by atoms with Crippen molar-refractivity contribution in [1.82, 2.24) is 14.9 Å². The lowest BCUT2D eigenvalue weighted by atomic mass is 10.1. The molecule has 0 radical (unpaired) electrons. The molecule has 0 N–H and O–H groups in total. The number of hydrogen-bond acceptors (Lipinski definition) is 9. The maximum Gasteiger partial charge on any atom is 0.339 e. The van der Waals surface area contributed by atoms with Crippen LogP contribution < -0.4 is 28.4 Å². The highest BCUT2D eigenvalue weighted by Crippen LogP contribution is 2.41. The maximum absolute atomic E-state index is 5.77. The predicted octanol–water partition coefficient (Wildman–Crippen LogP) is 2.34. The van der Waals surface area contributed by atoms with Gasteiger partial charge in [-0.25, -0.2) is 0 Å². The molecule has 0 atom stereocenters. The Morgan fingerprint density at radius 2 is 1.60 bits per heavy atom. The summed E-state index contributed by atoms with van der Waals surface area (Å²) in [4.78, 5) is 0. The minimum atomic E-state index is 0.211. The Bertz CT molecular complexity index is 1130. The van der Waals surface area contributed by atoms with E-state index in [1.54, 1.807) is 38.1 Å². The number of methoxy groups -OCH3 is 3. The molecule has 3 heterocycles. The molecule has 0 saturated heterocycles. The Morgan fingerprint density at radius 1 is 0.833 bits per heavy atom. The van der Waals surface area contributed by atoms with E-state index in [0.717, 1.165) is 5.56 Å². The molecule has 2 aliphatic heterocycles. The molecule has 2 aromatic carbocycles. The van der Waals surface area contributed by atoms with Gasteiger partial charge < -0.3 is 28.4 Å². The first-order valence-electron chi connectivity index (χ1n) is 9.08. The van der Waals surface area contributed by atoms with Gasteiger partial charge in [-0.15, -0.1) is 5.10 Å². The fraction of sp³-hybridized carbons (Fsp3) is 0.250. The summed E-state index contributed by atoms with van der Waals surface area (Å²) in [7, 11) is 4.66. The van der Waals surface area contributed by atoms with Crippen LogP contribution in [0.3, 0.4) is 0 Å². The lowest BCUT2D eigenvalue weighted by Gasteiger charge is -2.16. The Kier molecular flexibility index (Phi) is 4.31. The van der Waals surface area contributed by atoms with E-state index in [9.17, 15) is 0 Å². The third-order valence-electron chi connectivity index (χ3n) is 4.80. The van der Waals surface area contributed by atoms with Crippen LogP contribution in [-0.4, -0.2) is 55.3 Å². The Labute approximate surface area is 171 Å². The second-order valence-corrected chi connectivity index (χ2v) is 6.44. The molecule has 10 heteroatoms. The summed E-state index contributed by atoms with van der Waals surface area (Å²) in [5, 5.41) is 13.0. The van der Waals surface area contributed by atoms with Gasteiger partial charge >= 0.3 is 6.01 Å². The van der Waals surface area contributed by atoms with Crippen LogP contribution in [0.25, 0.3) is 11.4 Å². The van der Waals surface area contributed by atoms with Gasteiger partial charge in [-0.2, -0.15) is 9.78 Å². The van der Waals surface area contributed by atoms with Gasteiger partial charge in [0.15, 0.2) is 28.8 Å². The average Bonchev–Trinajstić information content (AvgIpc) is 3.43. The molecule has 0 aliphatic carbocycles. The fourth-order valence-electron chi connectivity index (χ4n) is 3.34. The summed E-state index contributed by atoms with van der Waals surface area (Å²) in [6.07, 6.45) is 0. The predicted molar refractivity (Wildman–Crippen MR) is 105 cm³/mol. The first-order chi connectivity index (χ1) is 14.7. The Hall–Kier alpha value is -3.95. The van der Waals surface area contributed by atoms with Crippen LogP contribution in [0.15, 0.2) is 35.4 Å². The van der Waals surface area contributed by atoms with Crippen LogP contribution in [0.2, 0.25) is 0 Å². The van der Waals surface area contributed by atoms with Crippen molar-refractivity contribution in [3.05, 3.63) is 35.9 Å². The second kappa shape index (κ2) is 7.14. The van der Waals surface area contributed by atoms with Gasteiger partial charge in [0.1, 0.15) is 12.3 Å². The second-order valence-electron chi connectivity index (χ2n) is 6.44. The van der Waals surface area contributed by atoms with Crippen molar-refractivity contribution in [2.75, 3.05) is 34.7 Å². The number of ether oxygens (including phenoxy) is 6. The molecule has 0 bridgehead atoms. The number of rotatable bonds is 5. The van der Waals surface area contributed by atoms with Gasteiger partial charge in [-0.05, 0) is 30.3 Å². The normalized spacial score (nSPS) is 13.9. The molecule has 0 amide bonds. The first kappa shape index (κ1) is 18.1. The van der Waals surface area contributed by atoms with Crippen molar-refractivity contribution < 1.29 is 28.4 Å². The number of aromatic nitrogens is 3. The van der Waals surface area contributed by atoms with E-state index >= 15 is 0 Å². The number of fused-ring (bicyclic) bond motifs is 2. The van der Waals surface area contributed by atoms with Gasteiger partial charge in [-0.1, -0.05) is 5.10 Å². The smallest absolute Gasteiger partial charge is 0.339 e. The van der Waals surface area contributed by atoms with Crippen molar-refractivity contribution in [1.29, 1.82) is 0 Å². The first-order valence-corrected chi connectivity index (χ1v) is 9.08. The van der Waals surface area contributed by atoms with Crippen molar-refractivity contribution in [3.8, 4) is 46.1 Å². The summed E-state index contributed by atoms with van der Waals surface area (Å²) >= 11 is 0. The Balaban J connectivity index is 1.58. The third kappa shape index (κ3) is 2.84. The van der Waals surface area contributed by atoms with E-state index in [4.69, 9.17) is 33.5 Å². The molecular formula is C20H18N4O6. The van der Waals surface area contributed by atoms with Crippen molar-refractivity contribution in [2.45, 2.75) is 0 Å². The zero-order valence-electron chi connectivity index (χ0n) is 16.5. The summed E-state index contributed by atoms with van der Waals surface area (Å²) in [5.41, 5.74) is 2.24. The molecule has 2 aliphatic rings. The number of benzene rings is 2. The molecule has 3 aromatic rings. The lowest BCUT2D eigenvalue weighted by Crippen LogP contribution is -2.21. The summed E-state index contributed by atoms with van der Waals surface area (Å²) in [6, 6.07) is 9.49. The van der Waals surface area contributed by atoms with Gasteiger partial charge in [0.05, 0.1) is 21.3 Å². The molecule has 10 nitrogen and oxygen atoms in total. The van der Waals surface area contributed by atoms with Crippen molar-refractivity contribution >= 4 is 5.71 Å². The highest BCUT2D eigenvalue weighted by molar-refractivity contribution is 6.02. The van der Waals surface area contributed by atoms with E-state index < -0.39 is 0 Å². The van der Waals surface area contributed by atoms with E-state index in [0.29, 0.717) is 51.9 Å². The van der Waals surface area contributed by atoms with Crippen LogP contribution in [0.4, 0.5) is 0 Å². The van der Waals surface area contributed by atoms with E-state index in [2.05, 4.69) is 10.2 Å². The quantitative estimate of drug-likeness (QED) is 0.632. The summed E-state index contributed by atoms with van der Waals surface area (Å²) in [6.45, 7) is 0.468. The molecule has 154 valence electrons. The SMILES string of the molecule is COc1cc(-c2nnc3n2N=C(c2ccc4c(c2)OCO4)CO3)cc(OC)c1OC. The molecule has 5 rings (SSSR count). The zero-order chi connectivity index (χ0) is 20.7. The van der Waals surface area contributed by atoms with Crippen molar-refractivity contribution in [3.63, 3.8) is 0 Å². The molecular weight excluding hydrogens is 392 g/mol. The monoisotopic (exact) mass is 410 g/mol. The van der Waals surface area contributed by atoms with Crippen LogP contribution in [0.5, 0.6) is 34.8 Å². The van der Waals surface area contributed by atoms with E-state index in [1.807, 2.05) is 18.2 Å². The highest BCUT2D eigenvalue weighted by Gasteiger charge is 2.25. The van der Waals surface area contributed by atoms with Crippen LogP contribution >= 0.6 is 0 Å². The molecule has 0 unspecified atom stereocenters. The number of hydrogen-bond donors (Lipinski definition) is 0. The van der Waals surface area contributed by atoms with Crippen molar-refractivity contribution in [2.24, 2.45) is 5.10 Å². The van der Waals surface area contributed by atoms with Gasteiger partial charge in [0.2, 0.25) is 12.5 Å². The summed E-state index contributed by atoms with van der Waals surface area (Å²) < 4.78 is 34.4. The highest BCUT2D eigenvalue weighted by atomic mass is 16.7. The lowest BCUT2D eigenvalue weighted by molar-refractivity contribution is 0.174. The van der Waals surface area contributed by atoms with Gasteiger partial charge in [0, 0.05) is 11.1 Å². The van der Waals surface area contributed by atoms with Crippen LogP contribution in [0, 0.1) is 0 Å². The minimum Gasteiger partial charge on any atom is -0.493 e. The van der Waals surface area contributed by atoms with Gasteiger partial charge in [0.25, 0.3) is 0 Å². The van der Waals surface area contributed by atoms with Gasteiger partial charge in [-0.3, -0.25) is 0 Å². The minimum absolute atomic E-state index is 0.211. The maximum atomic E-state index is 5.77. The number of nitrogens with zero attached hydrogens (tertiary/aromatic N) is 4. The Morgan fingerprint density at radius 3 is 2.33 bits per heavy atom. The molecule has 1 aromatic heterocycles. The van der Waals surface area contributed by atoms with Crippen LogP contribution in [-0.2, 0) is 0 Å². The molecule has 0 spiro atoms. The molecule has 0 saturated carbocycles. The molecule has 30 heavy (non-hydrogen) atoms. The standard InChI is InChI=1S/C20H18N4O6/c1-25-16-7-12(8-17(26-2)18(16)27-3)19-21-22-20-24(19)23-13(9-28-20)11-4-5-14-15(6-11)30-10-29-14/h4-8H,9-10H2,1-3H3. The van der Waals surface area contributed by atoms with Crippen LogP contribution in [0.1, 0.15) is 5.56 Å². The van der Waals surface area contributed by atoms with E-state index in [-0.39, 0.29) is 13.4 Å². The average molecular weight is 410 g/mol.